The fraction of sp³-hybridized carbons (Fsp3) is 0. The van der Waals surface area contributed by atoms with E-state index in [0.717, 1.165) is 18.0 Å². The molecule has 2 N–H and O–H groups in total. The lowest BCUT2D eigenvalue weighted by atomic mass is 10.5. The molecule has 7 nitrogen and oxygen atoms in total. The van der Waals surface area contributed by atoms with Crippen LogP contribution in [0.15, 0.2) is 34.6 Å². The van der Waals surface area contributed by atoms with Crippen molar-refractivity contribution in [1.82, 2.24) is 15.0 Å². The molecular formula is C9H6ClN5O2S. The quantitative estimate of drug-likeness (QED) is 0.522. The summed E-state index contributed by atoms with van der Waals surface area (Å²) in [6, 6.07) is 3.27. The predicted molar refractivity (Wildman–Crippen MR) is 66.5 cm³/mol. The molecule has 0 aliphatic heterocycles. The molecule has 9 heteroatoms. The number of pyridine rings is 1. The number of hydrogen-bond donors (Lipinski definition) is 1. The van der Waals surface area contributed by atoms with Gasteiger partial charge in [-0.05, 0) is 23.9 Å². The molecule has 92 valence electrons. The van der Waals surface area contributed by atoms with E-state index >= 15 is 0 Å². The molecule has 2 rings (SSSR count). The molecule has 0 aromatic carbocycles. The van der Waals surface area contributed by atoms with Crippen LogP contribution in [0.5, 0.6) is 0 Å². The van der Waals surface area contributed by atoms with Crippen LogP contribution < -0.4 is 5.73 Å². The lowest BCUT2D eigenvalue weighted by Crippen LogP contribution is -2.00. The van der Waals surface area contributed by atoms with E-state index in [1.54, 1.807) is 12.1 Å². The minimum atomic E-state index is -0.572. The molecule has 0 aliphatic carbocycles. The first-order valence-electron chi connectivity index (χ1n) is 4.62. The maximum atomic E-state index is 10.8. The monoisotopic (exact) mass is 283 g/mol. The largest absolute Gasteiger partial charge is 0.368 e. The SMILES string of the molecule is Nc1ncc([N+](=O)[O-])c(Sc2ccc(Cl)cn2)n1. The van der Waals surface area contributed by atoms with Crippen molar-refractivity contribution in [2.45, 2.75) is 10.1 Å². The Balaban J connectivity index is 2.35. The Morgan fingerprint density at radius 2 is 2.11 bits per heavy atom. The molecule has 18 heavy (non-hydrogen) atoms. The molecule has 0 bridgehead atoms. The minimum Gasteiger partial charge on any atom is -0.368 e. The maximum absolute atomic E-state index is 10.8. The number of nitrogens with two attached hydrogens (primary N) is 1. The van der Waals surface area contributed by atoms with Crippen LogP contribution in [0.1, 0.15) is 0 Å². The van der Waals surface area contributed by atoms with Gasteiger partial charge in [-0.3, -0.25) is 10.1 Å². The lowest BCUT2D eigenvalue weighted by Gasteiger charge is -2.01. The Morgan fingerprint density at radius 3 is 2.72 bits per heavy atom. The van der Waals surface area contributed by atoms with Crippen molar-refractivity contribution in [3.63, 3.8) is 0 Å². The van der Waals surface area contributed by atoms with Crippen LogP contribution in [0, 0.1) is 10.1 Å². The van der Waals surface area contributed by atoms with Crippen molar-refractivity contribution >= 4 is 35.0 Å². The van der Waals surface area contributed by atoms with E-state index in [2.05, 4.69) is 15.0 Å². The van der Waals surface area contributed by atoms with Crippen LogP contribution in [0.25, 0.3) is 0 Å². The van der Waals surface area contributed by atoms with Crippen LogP contribution in [-0.4, -0.2) is 19.9 Å². The van der Waals surface area contributed by atoms with E-state index in [-0.39, 0.29) is 16.7 Å². The molecule has 0 amide bonds. The second kappa shape index (κ2) is 5.15. The number of nitro groups is 1. The van der Waals surface area contributed by atoms with Crippen molar-refractivity contribution in [3.8, 4) is 0 Å². The second-order valence-electron chi connectivity index (χ2n) is 3.09. The number of halogens is 1. The van der Waals surface area contributed by atoms with Gasteiger partial charge < -0.3 is 5.73 Å². The Morgan fingerprint density at radius 1 is 1.33 bits per heavy atom. The molecular weight excluding hydrogens is 278 g/mol. The Labute approximate surface area is 111 Å². The van der Waals surface area contributed by atoms with E-state index in [4.69, 9.17) is 17.3 Å². The Hall–Kier alpha value is -1.93. The Kier molecular flexibility index (Phi) is 3.58. The summed E-state index contributed by atoms with van der Waals surface area (Å²) in [6.45, 7) is 0. The zero-order valence-corrected chi connectivity index (χ0v) is 10.4. The third-order valence-corrected chi connectivity index (χ3v) is 3.02. The molecule has 2 aromatic heterocycles. The highest BCUT2D eigenvalue weighted by molar-refractivity contribution is 7.99. The van der Waals surface area contributed by atoms with Crippen molar-refractivity contribution in [2.75, 3.05) is 5.73 Å². The summed E-state index contributed by atoms with van der Waals surface area (Å²) in [6.07, 6.45) is 2.51. The molecule has 2 heterocycles. The van der Waals surface area contributed by atoms with Gasteiger partial charge >= 0.3 is 5.69 Å². The molecule has 0 aliphatic rings. The molecule has 0 saturated heterocycles. The average molecular weight is 284 g/mol. The number of aromatic nitrogens is 3. The van der Waals surface area contributed by atoms with Crippen LogP contribution in [-0.2, 0) is 0 Å². The first-order valence-corrected chi connectivity index (χ1v) is 5.82. The van der Waals surface area contributed by atoms with Gasteiger partial charge in [0.05, 0.1) is 9.95 Å². The summed E-state index contributed by atoms with van der Waals surface area (Å²) < 4.78 is 0. The van der Waals surface area contributed by atoms with Gasteiger partial charge in [-0.15, -0.1) is 0 Å². The van der Waals surface area contributed by atoms with E-state index in [0.29, 0.717) is 10.0 Å². The van der Waals surface area contributed by atoms with E-state index in [1.807, 2.05) is 0 Å². The molecule has 0 radical (unpaired) electrons. The van der Waals surface area contributed by atoms with Crippen molar-refractivity contribution in [2.24, 2.45) is 0 Å². The number of anilines is 1. The fourth-order valence-corrected chi connectivity index (χ4v) is 2.02. The zero-order chi connectivity index (χ0) is 13.1. The molecule has 2 aromatic rings. The standard InChI is InChI=1S/C9H6ClN5O2S/c10-5-1-2-7(12-3-5)18-8-6(15(16)17)4-13-9(11)14-8/h1-4H,(H2,11,13,14). The van der Waals surface area contributed by atoms with Gasteiger partial charge in [-0.1, -0.05) is 11.6 Å². The van der Waals surface area contributed by atoms with Gasteiger partial charge in [-0.2, -0.15) is 4.98 Å². The number of hydrogen-bond acceptors (Lipinski definition) is 7. The summed E-state index contributed by atoms with van der Waals surface area (Å²) >= 11 is 6.72. The highest BCUT2D eigenvalue weighted by Crippen LogP contribution is 2.32. The highest BCUT2D eigenvalue weighted by Gasteiger charge is 2.18. The number of rotatable bonds is 3. The highest BCUT2D eigenvalue weighted by atomic mass is 35.5. The molecule has 0 saturated carbocycles. The van der Waals surface area contributed by atoms with Crippen LogP contribution in [0.2, 0.25) is 5.02 Å². The maximum Gasteiger partial charge on any atom is 0.320 e. The van der Waals surface area contributed by atoms with Crippen molar-refractivity contribution < 1.29 is 4.92 Å². The van der Waals surface area contributed by atoms with Gasteiger partial charge in [0, 0.05) is 6.20 Å². The van der Waals surface area contributed by atoms with Gasteiger partial charge in [0.25, 0.3) is 0 Å². The van der Waals surface area contributed by atoms with Crippen LogP contribution in [0.4, 0.5) is 11.6 Å². The molecule has 0 atom stereocenters. The first-order chi connectivity index (χ1) is 8.56. The lowest BCUT2D eigenvalue weighted by molar-refractivity contribution is -0.388. The van der Waals surface area contributed by atoms with Gasteiger partial charge in [0.2, 0.25) is 5.95 Å². The number of nitrogens with zero attached hydrogens (tertiary/aromatic N) is 4. The normalized spacial score (nSPS) is 10.3. The summed E-state index contributed by atoms with van der Waals surface area (Å²) in [5.41, 5.74) is 5.19. The summed E-state index contributed by atoms with van der Waals surface area (Å²) in [5, 5.41) is 12.0. The van der Waals surface area contributed by atoms with Crippen LogP contribution in [0.3, 0.4) is 0 Å². The third kappa shape index (κ3) is 2.84. The second-order valence-corrected chi connectivity index (χ2v) is 4.54. The minimum absolute atomic E-state index is 0.0305. The molecule has 0 fully saturated rings. The van der Waals surface area contributed by atoms with E-state index in [9.17, 15) is 10.1 Å². The summed E-state index contributed by atoms with van der Waals surface area (Å²) in [4.78, 5) is 21.7. The first kappa shape index (κ1) is 12.5. The van der Waals surface area contributed by atoms with Crippen molar-refractivity contribution in [1.29, 1.82) is 0 Å². The third-order valence-electron chi connectivity index (χ3n) is 1.85. The summed E-state index contributed by atoms with van der Waals surface area (Å²) in [7, 11) is 0. The van der Waals surface area contributed by atoms with E-state index < -0.39 is 4.92 Å². The molecule has 0 unspecified atom stereocenters. The molecule has 0 spiro atoms. The smallest absolute Gasteiger partial charge is 0.320 e. The fourth-order valence-electron chi connectivity index (χ4n) is 1.09. The summed E-state index contributed by atoms with van der Waals surface area (Å²) in [5.74, 6) is -0.0305. The van der Waals surface area contributed by atoms with Gasteiger partial charge in [-0.25, -0.2) is 9.97 Å². The van der Waals surface area contributed by atoms with Crippen molar-refractivity contribution in [3.05, 3.63) is 39.7 Å². The van der Waals surface area contributed by atoms with E-state index in [1.165, 1.54) is 6.20 Å². The van der Waals surface area contributed by atoms with Gasteiger partial charge in [0.15, 0.2) is 5.03 Å². The number of nitrogen functional groups attached to an aromatic ring is 1. The average Bonchev–Trinajstić information content (AvgIpc) is 2.32. The van der Waals surface area contributed by atoms with Gasteiger partial charge in [0.1, 0.15) is 11.2 Å². The predicted octanol–water partition coefficient (Wildman–Crippen LogP) is 2.17. The topological polar surface area (TPSA) is 108 Å². The van der Waals surface area contributed by atoms with Crippen LogP contribution >= 0.6 is 23.4 Å². The Bertz CT molecular complexity index is 592. The zero-order valence-electron chi connectivity index (χ0n) is 8.78.